The van der Waals surface area contributed by atoms with Crippen LogP contribution in [0, 0.1) is 11.2 Å². The zero-order valence-corrected chi connectivity index (χ0v) is 14.7. The van der Waals surface area contributed by atoms with Gasteiger partial charge in [0.25, 0.3) is 0 Å². The molecular formula is C18H20FN7. The lowest BCUT2D eigenvalue weighted by Crippen LogP contribution is -2.25. The van der Waals surface area contributed by atoms with Crippen molar-refractivity contribution in [2.24, 2.45) is 12.0 Å². The molecule has 3 heterocycles. The summed E-state index contributed by atoms with van der Waals surface area (Å²) in [5.74, 6) is 0.0515. The summed E-state index contributed by atoms with van der Waals surface area (Å²) in [5.41, 5.74) is 2.72. The highest BCUT2D eigenvalue weighted by Crippen LogP contribution is 2.19. The van der Waals surface area contributed by atoms with Gasteiger partial charge in [0, 0.05) is 31.3 Å². The van der Waals surface area contributed by atoms with E-state index in [1.807, 2.05) is 16.2 Å². The van der Waals surface area contributed by atoms with Gasteiger partial charge in [0.05, 0.1) is 18.4 Å². The fraction of sp³-hybridized carbons (Fsp3) is 0.278. The largest absolute Gasteiger partial charge is 0.330 e. The first kappa shape index (κ1) is 17.7. The first-order valence-corrected chi connectivity index (χ1v) is 8.34. The van der Waals surface area contributed by atoms with Crippen LogP contribution in [0.15, 0.2) is 41.9 Å². The van der Waals surface area contributed by atoms with E-state index in [9.17, 15) is 4.39 Å². The van der Waals surface area contributed by atoms with E-state index in [0.29, 0.717) is 17.9 Å². The number of imidazole rings is 1. The zero-order chi connectivity index (χ0) is 18.5. The number of halogens is 1. The minimum atomic E-state index is -0.410. The van der Waals surface area contributed by atoms with Crippen LogP contribution in [0.1, 0.15) is 24.7 Å². The minimum absolute atomic E-state index is 0.217. The normalized spacial score (nSPS) is 11.7. The lowest BCUT2D eigenvalue weighted by Gasteiger charge is -2.15. The summed E-state index contributed by atoms with van der Waals surface area (Å²) in [4.78, 5) is 16.9. The molecule has 0 aromatic carbocycles. The first-order chi connectivity index (χ1) is 12.7. The Hall–Kier alpha value is -3.16. The van der Waals surface area contributed by atoms with Crippen molar-refractivity contribution in [3.8, 4) is 11.5 Å². The van der Waals surface area contributed by atoms with Gasteiger partial charge in [-0.15, -0.1) is 0 Å². The third-order valence-corrected chi connectivity index (χ3v) is 4.11. The summed E-state index contributed by atoms with van der Waals surface area (Å²) in [6.07, 6.45) is 9.37. The van der Waals surface area contributed by atoms with Gasteiger partial charge in [-0.3, -0.25) is 10.4 Å². The van der Waals surface area contributed by atoms with E-state index in [4.69, 9.17) is 5.41 Å². The maximum atomic E-state index is 14.1. The van der Waals surface area contributed by atoms with Crippen LogP contribution in [0.4, 0.5) is 4.39 Å². The van der Waals surface area contributed by atoms with Crippen LogP contribution >= 0.6 is 0 Å². The van der Waals surface area contributed by atoms with E-state index in [1.165, 1.54) is 6.07 Å². The van der Waals surface area contributed by atoms with Crippen molar-refractivity contribution in [3.63, 3.8) is 0 Å². The molecule has 0 bridgehead atoms. The molecule has 8 heteroatoms. The van der Waals surface area contributed by atoms with Crippen LogP contribution < -0.4 is 5.49 Å². The fourth-order valence-electron chi connectivity index (χ4n) is 2.86. The maximum Gasteiger partial charge on any atom is 0.162 e. The number of nitrogens with zero attached hydrogens (tertiary/aromatic N) is 6. The van der Waals surface area contributed by atoms with Gasteiger partial charge in [0.15, 0.2) is 17.1 Å². The monoisotopic (exact) mass is 353 g/mol. The van der Waals surface area contributed by atoms with Crippen molar-refractivity contribution in [1.82, 2.24) is 24.1 Å². The highest BCUT2D eigenvalue weighted by molar-refractivity contribution is 5.51. The molecule has 0 saturated carbocycles. The Morgan fingerprint density at radius 2 is 2.12 bits per heavy atom. The minimum Gasteiger partial charge on any atom is -0.330 e. The third kappa shape index (κ3) is 3.44. The molecule has 0 aliphatic carbocycles. The molecule has 0 radical (unpaired) electrons. The molecule has 0 spiro atoms. The molecule has 0 fully saturated rings. The van der Waals surface area contributed by atoms with E-state index in [0.717, 1.165) is 30.6 Å². The van der Waals surface area contributed by atoms with Crippen molar-refractivity contribution in [1.29, 1.82) is 5.41 Å². The Labute approximate surface area is 150 Å². The summed E-state index contributed by atoms with van der Waals surface area (Å²) in [6, 6.07) is 2.92. The molecule has 3 rings (SSSR count). The van der Waals surface area contributed by atoms with Gasteiger partial charge in [-0.2, -0.15) is 0 Å². The van der Waals surface area contributed by atoms with Crippen molar-refractivity contribution in [3.05, 3.63) is 59.6 Å². The Kier molecular flexibility index (Phi) is 5.31. The molecule has 134 valence electrons. The third-order valence-electron chi connectivity index (χ3n) is 4.11. The predicted octanol–water partition coefficient (Wildman–Crippen LogP) is 2.33. The van der Waals surface area contributed by atoms with Gasteiger partial charge >= 0.3 is 0 Å². The summed E-state index contributed by atoms with van der Waals surface area (Å²) in [7, 11) is 1.91. The van der Waals surface area contributed by atoms with Crippen LogP contribution in [-0.2, 0) is 20.0 Å². The summed E-state index contributed by atoms with van der Waals surface area (Å²) in [6.45, 7) is 2.54. The van der Waals surface area contributed by atoms with Gasteiger partial charge < -0.3 is 9.13 Å². The van der Waals surface area contributed by atoms with Crippen molar-refractivity contribution >= 4 is 6.34 Å². The molecule has 3 aromatic heterocycles. The van der Waals surface area contributed by atoms with E-state index in [1.54, 1.807) is 30.9 Å². The Morgan fingerprint density at radius 1 is 1.27 bits per heavy atom. The number of rotatable bonds is 6. The molecular weight excluding hydrogens is 333 g/mol. The van der Waals surface area contributed by atoms with E-state index < -0.39 is 5.82 Å². The molecule has 0 aliphatic rings. The van der Waals surface area contributed by atoms with Crippen molar-refractivity contribution < 1.29 is 4.39 Å². The van der Waals surface area contributed by atoms with Gasteiger partial charge in [0.1, 0.15) is 12.0 Å². The van der Waals surface area contributed by atoms with Gasteiger partial charge in [-0.25, -0.2) is 19.4 Å². The Balaban J connectivity index is 2.05. The highest BCUT2D eigenvalue weighted by atomic mass is 19.1. The molecule has 0 amide bonds. The van der Waals surface area contributed by atoms with Gasteiger partial charge in [-0.1, -0.05) is 13.3 Å². The molecule has 0 atom stereocenters. The van der Waals surface area contributed by atoms with E-state index in [2.05, 4.69) is 26.9 Å². The average molecular weight is 353 g/mol. The van der Waals surface area contributed by atoms with Crippen LogP contribution in [0.25, 0.3) is 11.5 Å². The number of pyridine rings is 1. The quantitative estimate of drug-likeness (QED) is 0.545. The topological polar surface area (TPSA) is 84.7 Å². The second-order valence-corrected chi connectivity index (χ2v) is 5.79. The van der Waals surface area contributed by atoms with E-state index >= 15 is 0 Å². The molecule has 0 unspecified atom stereocenters. The molecule has 1 N–H and O–H groups in total. The number of aromatic nitrogens is 5. The smallest absolute Gasteiger partial charge is 0.162 e. The van der Waals surface area contributed by atoms with Crippen LogP contribution in [0.5, 0.6) is 0 Å². The molecule has 3 aromatic rings. The molecule has 26 heavy (non-hydrogen) atoms. The van der Waals surface area contributed by atoms with Crippen LogP contribution in [0.2, 0.25) is 0 Å². The first-order valence-electron chi connectivity index (χ1n) is 8.34. The standard InChI is InChI=1S/C18H20FN7/c1-3-5-15-14(23-10-16(24-12-20)25(15)2)11-26-9-8-22-18(26)17-13(19)6-4-7-21-17/h4,6-10,12,20H,3,5,11H2,1-2H3/b20-12?,24-16-. The number of nitrogens with one attached hydrogen (secondary N) is 1. The van der Waals surface area contributed by atoms with Gasteiger partial charge in [-0.05, 0) is 18.6 Å². The van der Waals surface area contributed by atoms with Crippen molar-refractivity contribution in [2.75, 3.05) is 0 Å². The lowest BCUT2D eigenvalue weighted by atomic mass is 10.2. The second-order valence-electron chi connectivity index (χ2n) is 5.79. The van der Waals surface area contributed by atoms with Crippen molar-refractivity contribution in [2.45, 2.75) is 26.3 Å². The Bertz CT molecular complexity index is 987. The van der Waals surface area contributed by atoms with E-state index in [-0.39, 0.29) is 5.69 Å². The summed E-state index contributed by atoms with van der Waals surface area (Å²) >= 11 is 0. The average Bonchev–Trinajstić information content (AvgIpc) is 3.09. The van der Waals surface area contributed by atoms with Crippen LogP contribution in [-0.4, -0.2) is 30.4 Å². The predicted molar refractivity (Wildman–Crippen MR) is 96.1 cm³/mol. The fourth-order valence-corrected chi connectivity index (χ4v) is 2.86. The maximum absolute atomic E-state index is 14.1. The summed E-state index contributed by atoms with van der Waals surface area (Å²) in [5, 5.41) is 7.18. The number of hydrogen-bond donors (Lipinski definition) is 1. The molecule has 0 aliphatic heterocycles. The lowest BCUT2D eigenvalue weighted by molar-refractivity contribution is 0.620. The Morgan fingerprint density at radius 3 is 2.85 bits per heavy atom. The zero-order valence-electron chi connectivity index (χ0n) is 14.7. The van der Waals surface area contributed by atoms with Crippen LogP contribution in [0.3, 0.4) is 0 Å². The highest BCUT2D eigenvalue weighted by Gasteiger charge is 2.15. The molecule has 0 saturated heterocycles. The van der Waals surface area contributed by atoms with Gasteiger partial charge in [0.2, 0.25) is 0 Å². The SMILES string of the molecule is CCCc1c(Cn2ccnc2-c2ncccc2F)nc/c(=N/C=N)n1C. The summed E-state index contributed by atoms with van der Waals surface area (Å²) < 4.78 is 17.9. The molecule has 7 nitrogen and oxygen atoms in total. The number of hydrogen-bond acceptors (Lipinski definition) is 4. The second kappa shape index (κ2) is 7.81.